The molecule has 4 atom stereocenters. The minimum atomic E-state index is -0.765. The second kappa shape index (κ2) is 3.57. The first-order chi connectivity index (χ1) is 7.75. The Bertz CT molecular complexity index is 403. The molecule has 16 heavy (non-hydrogen) atoms. The quantitative estimate of drug-likeness (QED) is 0.711. The van der Waals surface area contributed by atoms with Crippen molar-refractivity contribution in [3.05, 3.63) is 35.9 Å². The van der Waals surface area contributed by atoms with Crippen LogP contribution < -0.4 is 0 Å². The van der Waals surface area contributed by atoms with Crippen LogP contribution in [-0.4, -0.2) is 29.4 Å². The zero-order valence-corrected chi connectivity index (χ0v) is 8.58. The van der Waals surface area contributed by atoms with Crippen molar-refractivity contribution in [1.29, 1.82) is 0 Å². The molecule has 2 aliphatic rings. The van der Waals surface area contributed by atoms with Crippen LogP contribution >= 0.6 is 0 Å². The molecule has 2 heterocycles. The standard InChI is InChI=1S/C12H12O4/c13-9-6-8-12(16-9)10(14)11(15-8)7-4-2-1-3-5-7/h1-5,8,10-12,14H,6H2/t8-,10+,11?,12+/m0/s1. The topological polar surface area (TPSA) is 55.8 Å². The lowest BCUT2D eigenvalue weighted by molar-refractivity contribution is -0.145. The fourth-order valence-corrected chi connectivity index (χ4v) is 2.33. The zero-order valence-electron chi connectivity index (χ0n) is 8.58. The Hall–Kier alpha value is -1.39. The summed E-state index contributed by atoms with van der Waals surface area (Å²) in [7, 11) is 0. The van der Waals surface area contributed by atoms with Crippen molar-refractivity contribution in [2.24, 2.45) is 0 Å². The van der Waals surface area contributed by atoms with E-state index >= 15 is 0 Å². The van der Waals surface area contributed by atoms with Crippen molar-refractivity contribution in [3.63, 3.8) is 0 Å². The van der Waals surface area contributed by atoms with E-state index in [2.05, 4.69) is 0 Å². The Kier molecular flexibility index (Phi) is 2.19. The minimum Gasteiger partial charge on any atom is -0.457 e. The highest BCUT2D eigenvalue weighted by Gasteiger charge is 2.51. The largest absolute Gasteiger partial charge is 0.457 e. The SMILES string of the molecule is O=C1C[C@@H]2OC(c3ccccc3)[C@@H](O)[C@@H]2O1. The molecule has 1 unspecified atom stereocenters. The van der Waals surface area contributed by atoms with Gasteiger partial charge in [0.15, 0.2) is 6.10 Å². The van der Waals surface area contributed by atoms with Gasteiger partial charge in [-0.1, -0.05) is 30.3 Å². The van der Waals surface area contributed by atoms with E-state index in [1.54, 1.807) is 0 Å². The average Bonchev–Trinajstić information content (AvgIpc) is 2.79. The van der Waals surface area contributed by atoms with Gasteiger partial charge in [-0.2, -0.15) is 0 Å². The van der Waals surface area contributed by atoms with Crippen LogP contribution in [0.15, 0.2) is 30.3 Å². The molecule has 1 aromatic carbocycles. The van der Waals surface area contributed by atoms with E-state index in [9.17, 15) is 9.90 Å². The van der Waals surface area contributed by atoms with Gasteiger partial charge in [0.05, 0.1) is 6.42 Å². The number of carbonyl (C=O) groups is 1. The summed E-state index contributed by atoms with van der Waals surface area (Å²) >= 11 is 0. The lowest BCUT2D eigenvalue weighted by Crippen LogP contribution is -2.28. The summed E-state index contributed by atoms with van der Waals surface area (Å²) in [5.41, 5.74) is 0.917. The van der Waals surface area contributed by atoms with Crippen molar-refractivity contribution < 1.29 is 19.4 Å². The molecular weight excluding hydrogens is 208 g/mol. The van der Waals surface area contributed by atoms with Gasteiger partial charge in [-0.25, -0.2) is 0 Å². The maximum absolute atomic E-state index is 11.0. The van der Waals surface area contributed by atoms with Gasteiger partial charge in [0.1, 0.15) is 18.3 Å². The third kappa shape index (κ3) is 1.42. The summed E-state index contributed by atoms with van der Waals surface area (Å²) < 4.78 is 10.7. The third-order valence-electron chi connectivity index (χ3n) is 3.10. The number of esters is 1. The number of hydrogen-bond donors (Lipinski definition) is 1. The normalized spacial score (nSPS) is 37.2. The minimum absolute atomic E-state index is 0.241. The molecule has 1 aromatic rings. The van der Waals surface area contributed by atoms with E-state index < -0.39 is 12.2 Å². The first kappa shape index (κ1) is 9.81. The van der Waals surface area contributed by atoms with E-state index in [1.165, 1.54) is 0 Å². The third-order valence-corrected chi connectivity index (χ3v) is 3.10. The molecular formula is C12H12O4. The van der Waals surface area contributed by atoms with Crippen LogP contribution in [0.1, 0.15) is 18.1 Å². The lowest BCUT2D eigenvalue weighted by Gasteiger charge is -2.16. The molecule has 0 bridgehead atoms. The zero-order chi connectivity index (χ0) is 11.1. The van der Waals surface area contributed by atoms with Crippen LogP contribution in [0.5, 0.6) is 0 Å². The molecule has 4 nitrogen and oxygen atoms in total. The van der Waals surface area contributed by atoms with Gasteiger partial charge in [-0.05, 0) is 5.56 Å². The number of carbonyl (C=O) groups excluding carboxylic acids is 1. The highest BCUT2D eigenvalue weighted by atomic mass is 16.6. The predicted octanol–water partition coefficient (Wildman–Crippen LogP) is 0.803. The number of rotatable bonds is 1. The van der Waals surface area contributed by atoms with Crippen molar-refractivity contribution in [2.75, 3.05) is 0 Å². The maximum atomic E-state index is 11.0. The summed E-state index contributed by atoms with van der Waals surface area (Å²) in [6, 6.07) is 9.50. The number of hydrogen-bond acceptors (Lipinski definition) is 4. The number of aliphatic hydroxyl groups excluding tert-OH is 1. The fourth-order valence-electron chi connectivity index (χ4n) is 2.33. The van der Waals surface area contributed by atoms with Crippen LogP contribution in [0.4, 0.5) is 0 Å². The van der Waals surface area contributed by atoms with Crippen LogP contribution in [-0.2, 0) is 14.3 Å². The Morgan fingerprint density at radius 1 is 1.25 bits per heavy atom. The summed E-state index contributed by atoms with van der Waals surface area (Å²) in [5, 5.41) is 10.0. The van der Waals surface area contributed by atoms with Crippen molar-refractivity contribution in [1.82, 2.24) is 0 Å². The average molecular weight is 220 g/mol. The lowest BCUT2D eigenvalue weighted by atomic mass is 10.0. The second-order valence-electron chi connectivity index (χ2n) is 4.16. The molecule has 0 aliphatic carbocycles. The van der Waals surface area contributed by atoms with E-state index in [1.807, 2.05) is 30.3 Å². The van der Waals surface area contributed by atoms with E-state index in [-0.39, 0.29) is 24.6 Å². The first-order valence-electron chi connectivity index (χ1n) is 5.33. The van der Waals surface area contributed by atoms with Crippen LogP contribution in [0.3, 0.4) is 0 Å². The van der Waals surface area contributed by atoms with Gasteiger partial charge in [0.25, 0.3) is 0 Å². The highest BCUT2D eigenvalue weighted by Crippen LogP contribution is 2.39. The molecule has 2 fully saturated rings. The Morgan fingerprint density at radius 3 is 2.69 bits per heavy atom. The highest BCUT2D eigenvalue weighted by molar-refractivity contribution is 5.73. The number of fused-ring (bicyclic) bond motifs is 1. The summed E-state index contributed by atoms with van der Waals surface area (Å²) in [4.78, 5) is 11.0. The van der Waals surface area contributed by atoms with Crippen molar-refractivity contribution >= 4 is 5.97 Å². The monoisotopic (exact) mass is 220 g/mol. The van der Waals surface area contributed by atoms with Crippen molar-refractivity contribution in [2.45, 2.75) is 30.8 Å². The molecule has 1 N–H and O–H groups in total. The number of ether oxygens (including phenoxy) is 2. The van der Waals surface area contributed by atoms with E-state index in [4.69, 9.17) is 9.47 Å². The van der Waals surface area contributed by atoms with Gasteiger partial charge in [-0.15, -0.1) is 0 Å². The maximum Gasteiger partial charge on any atom is 0.309 e. The first-order valence-corrected chi connectivity index (χ1v) is 5.33. The molecule has 2 saturated heterocycles. The number of benzene rings is 1. The van der Waals surface area contributed by atoms with Gasteiger partial charge < -0.3 is 14.6 Å². The van der Waals surface area contributed by atoms with Gasteiger partial charge in [-0.3, -0.25) is 4.79 Å². The molecule has 0 radical (unpaired) electrons. The van der Waals surface area contributed by atoms with Gasteiger partial charge >= 0.3 is 5.97 Å². The van der Waals surface area contributed by atoms with Crippen LogP contribution in [0, 0.1) is 0 Å². The Morgan fingerprint density at radius 2 is 2.00 bits per heavy atom. The second-order valence-corrected chi connectivity index (χ2v) is 4.16. The van der Waals surface area contributed by atoms with Crippen molar-refractivity contribution in [3.8, 4) is 0 Å². The molecule has 0 spiro atoms. The summed E-state index contributed by atoms with van der Waals surface area (Å²) in [6.45, 7) is 0. The molecule has 0 amide bonds. The molecule has 2 aliphatic heterocycles. The van der Waals surface area contributed by atoms with Gasteiger partial charge in [0, 0.05) is 0 Å². The molecule has 3 rings (SSSR count). The summed E-state index contributed by atoms with van der Waals surface area (Å²) in [5.74, 6) is -0.291. The Balaban J connectivity index is 1.84. The van der Waals surface area contributed by atoms with E-state index in [0.29, 0.717) is 0 Å². The molecule has 84 valence electrons. The Labute approximate surface area is 92.8 Å². The van der Waals surface area contributed by atoms with E-state index in [0.717, 1.165) is 5.56 Å². The number of aliphatic hydroxyl groups is 1. The fraction of sp³-hybridized carbons (Fsp3) is 0.417. The predicted molar refractivity (Wildman–Crippen MR) is 54.6 cm³/mol. The van der Waals surface area contributed by atoms with Crippen LogP contribution in [0.2, 0.25) is 0 Å². The summed E-state index contributed by atoms with van der Waals surface area (Å²) in [6.07, 6.45) is -1.71. The van der Waals surface area contributed by atoms with Crippen LogP contribution in [0.25, 0.3) is 0 Å². The van der Waals surface area contributed by atoms with Gasteiger partial charge in [0.2, 0.25) is 0 Å². The molecule has 0 saturated carbocycles. The smallest absolute Gasteiger partial charge is 0.309 e. The molecule has 4 heteroatoms. The molecule has 0 aromatic heterocycles.